The largest absolute Gasteiger partial charge is 0.507 e. The minimum absolute atomic E-state index is 0.0761. The first-order valence-corrected chi connectivity index (χ1v) is 9.33. The molecule has 0 aliphatic rings. The number of nitrogens with one attached hydrogen (secondary N) is 1. The Hall–Kier alpha value is -3.76. The Morgan fingerprint density at radius 1 is 1.00 bits per heavy atom. The van der Waals surface area contributed by atoms with E-state index in [0.717, 1.165) is 4.47 Å². The molecule has 1 amide bonds. The summed E-state index contributed by atoms with van der Waals surface area (Å²) in [5.74, 6) is -0.654. The normalized spacial score (nSPS) is 11.2. The monoisotopic (exact) mass is 446 g/mol. The van der Waals surface area contributed by atoms with Gasteiger partial charge in [-0.05, 0) is 60.7 Å². The second-order valence-electron chi connectivity index (χ2n) is 5.91. The van der Waals surface area contributed by atoms with Crippen molar-refractivity contribution in [2.75, 3.05) is 5.32 Å². The first-order valence-electron chi connectivity index (χ1n) is 8.53. The zero-order chi connectivity index (χ0) is 20.6. The highest BCUT2D eigenvalue weighted by Crippen LogP contribution is 2.27. The van der Waals surface area contributed by atoms with E-state index in [1.54, 1.807) is 36.4 Å². The van der Waals surface area contributed by atoms with Gasteiger partial charge >= 0.3 is 0 Å². The van der Waals surface area contributed by atoms with Crippen LogP contribution in [0.2, 0.25) is 0 Å². The lowest BCUT2D eigenvalue weighted by Crippen LogP contribution is -2.13. The summed E-state index contributed by atoms with van der Waals surface area (Å²) in [5.41, 5.74) is 1.85. The van der Waals surface area contributed by atoms with E-state index in [9.17, 15) is 15.2 Å². The summed E-state index contributed by atoms with van der Waals surface area (Å²) in [5, 5.41) is 30.4. The van der Waals surface area contributed by atoms with Crippen LogP contribution in [0.15, 0.2) is 93.1 Å². The van der Waals surface area contributed by atoms with Gasteiger partial charge in [-0.2, -0.15) is 15.5 Å². The number of anilines is 1. The van der Waals surface area contributed by atoms with Crippen molar-refractivity contribution >= 4 is 45.0 Å². The molecule has 2 N–H and O–H groups in total. The van der Waals surface area contributed by atoms with E-state index in [1.807, 2.05) is 36.4 Å². The molecule has 0 atom stereocenters. The molecule has 29 heavy (non-hydrogen) atoms. The molecule has 3 aromatic carbocycles. The Morgan fingerprint density at radius 3 is 2.38 bits per heavy atom. The highest BCUT2D eigenvalue weighted by molar-refractivity contribution is 9.10. The molecule has 0 bridgehead atoms. The lowest BCUT2D eigenvalue weighted by atomic mass is 10.1. The lowest BCUT2D eigenvalue weighted by Gasteiger charge is -2.05. The number of phenols is 1. The molecule has 142 valence electrons. The van der Waals surface area contributed by atoms with E-state index in [2.05, 4.69) is 31.5 Å². The number of benzene rings is 3. The maximum Gasteiger partial charge on any atom is 0.266 e. The van der Waals surface area contributed by atoms with Crippen LogP contribution >= 0.6 is 15.9 Å². The zero-order valence-electron chi connectivity index (χ0n) is 15.1. The van der Waals surface area contributed by atoms with Gasteiger partial charge in [0.2, 0.25) is 0 Å². The van der Waals surface area contributed by atoms with Gasteiger partial charge in [-0.15, -0.1) is 0 Å². The van der Waals surface area contributed by atoms with Crippen LogP contribution in [0, 0.1) is 11.3 Å². The zero-order valence-corrected chi connectivity index (χ0v) is 16.7. The molecule has 6 nitrogen and oxygen atoms in total. The number of azo groups is 1. The fourth-order valence-electron chi connectivity index (χ4n) is 2.37. The van der Waals surface area contributed by atoms with Crippen LogP contribution in [0.4, 0.5) is 17.1 Å². The number of nitriles is 1. The van der Waals surface area contributed by atoms with Crippen molar-refractivity contribution in [3.63, 3.8) is 0 Å². The second kappa shape index (κ2) is 9.44. The minimum Gasteiger partial charge on any atom is -0.507 e. The fraction of sp³-hybridized carbons (Fsp3) is 0. The molecule has 0 aliphatic carbocycles. The molecule has 0 fully saturated rings. The van der Waals surface area contributed by atoms with Gasteiger partial charge in [-0.3, -0.25) is 4.79 Å². The van der Waals surface area contributed by atoms with Gasteiger partial charge in [0, 0.05) is 15.7 Å². The van der Waals surface area contributed by atoms with E-state index in [4.69, 9.17) is 0 Å². The summed E-state index contributed by atoms with van der Waals surface area (Å²) < 4.78 is 0.873. The van der Waals surface area contributed by atoms with Gasteiger partial charge in [0.25, 0.3) is 5.91 Å². The Morgan fingerprint density at radius 2 is 1.69 bits per heavy atom. The Kier molecular flexibility index (Phi) is 6.51. The van der Waals surface area contributed by atoms with Crippen LogP contribution in [0.25, 0.3) is 6.08 Å². The number of hydrogen-bond donors (Lipinski definition) is 2. The van der Waals surface area contributed by atoms with E-state index >= 15 is 0 Å². The molecule has 3 rings (SSSR count). The molecular formula is C22H15BrN4O2. The third kappa shape index (κ3) is 5.61. The molecule has 3 aromatic rings. The number of nitrogens with zero attached hydrogens (tertiary/aromatic N) is 3. The predicted octanol–water partition coefficient (Wildman–Crippen LogP) is 6.12. The maximum atomic E-state index is 12.4. The highest BCUT2D eigenvalue weighted by Gasteiger charge is 2.11. The summed E-state index contributed by atoms with van der Waals surface area (Å²) in [6.07, 6.45) is 1.31. The smallest absolute Gasteiger partial charge is 0.266 e. The van der Waals surface area contributed by atoms with Crippen LogP contribution in [-0.4, -0.2) is 11.0 Å². The molecule has 0 aliphatic heterocycles. The average Bonchev–Trinajstić information content (AvgIpc) is 2.74. The first kappa shape index (κ1) is 20.0. The number of hydrogen-bond acceptors (Lipinski definition) is 5. The van der Waals surface area contributed by atoms with Crippen molar-refractivity contribution in [1.82, 2.24) is 0 Å². The number of halogens is 1. The van der Waals surface area contributed by atoms with Crippen molar-refractivity contribution in [3.05, 3.63) is 88.4 Å². The van der Waals surface area contributed by atoms with E-state index in [1.165, 1.54) is 12.1 Å². The van der Waals surface area contributed by atoms with Crippen molar-refractivity contribution < 1.29 is 9.90 Å². The molecule has 0 saturated heterocycles. The number of carbonyl (C=O) groups excluding carboxylic acids is 1. The number of carbonyl (C=O) groups is 1. The molecule has 7 heteroatoms. The summed E-state index contributed by atoms with van der Waals surface area (Å²) in [4.78, 5) is 12.4. The summed E-state index contributed by atoms with van der Waals surface area (Å²) in [6, 6.07) is 22.6. The molecule has 0 saturated carbocycles. The van der Waals surface area contributed by atoms with Gasteiger partial charge in [-0.1, -0.05) is 34.1 Å². The number of rotatable bonds is 5. The summed E-state index contributed by atoms with van der Waals surface area (Å²) >= 11 is 3.32. The van der Waals surface area contributed by atoms with Crippen LogP contribution in [0.3, 0.4) is 0 Å². The molecular weight excluding hydrogens is 432 g/mol. The van der Waals surface area contributed by atoms with Crippen LogP contribution in [-0.2, 0) is 4.79 Å². The first-order chi connectivity index (χ1) is 14.0. The van der Waals surface area contributed by atoms with Crippen LogP contribution in [0.5, 0.6) is 5.75 Å². The number of aromatic hydroxyl groups is 1. The third-order valence-corrected chi connectivity index (χ3v) is 4.34. The second-order valence-corrected chi connectivity index (χ2v) is 6.83. The summed E-state index contributed by atoms with van der Waals surface area (Å²) in [6.45, 7) is 0. The Labute approximate surface area is 176 Å². The molecule has 0 radical (unpaired) electrons. The van der Waals surface area contributed by atoms with Crippen molar-refractivity contribution in [3.8, 4) is 11.8 Å². The SMILES string of the molecule is N#C/C(=C/c1cc(N=Nc2ccccc2)ccc1O)C(=O)Nc1ccc(Br)cc1. The molecule has 0 heterocycles. The number of amides is 1. The quantitative estimate of drug-likeness (QED) is 0.280. The predicted molar refractivity (Wildman–Crippen MR) is 115 cm³/mol. The van der Waals surface area contributed by atoms with Gasteiger partial charge < -0.3 is 10.4 Å². The molecule has 0 unspecified atom stereocenters. The Balaban J connectivity index is 1.83. The van der Waals surface area contributed by atoms with Gasteiger partial charge in [-0.25, -0.2) is 0 Å². The number of phenolic OH excluding ortho intramolecular Hbond substituents is 1. The van der Waals surface area contributed by atoms with Crippen molar-refractivity contribution in [1.29, 1.82) is 5.26 Å². The standard InChI is InChI=1S/C22H15BrN4O2/c23-17-6-8-18(9-7-17)25-22(29)16(14-24)12-15-13-20(10-11-21(15)28)27-26-19-4-2-1-3-5-19/h1-13,28H,(H,25,29)/b16-12-,27-26?. The fourth-order valence-corrected chi connectivity index (χ4v) is 2.63. The Bertz CT molecular complexity index is 1120. The van der Waals surface area contributed by atoms with Gasteiger partial charge in [0.15, 0.2) is 0 Å². The van der Waals surface area contributed by atoms with Gasteiger partial charge in [0.1, 0.15) is 17.4 Å². The van der Waals surface area contributed by atoms with Crippen molar-refractivity contribution in [2.24, 2.45) is 10.2 Å². The topological polar surface area (TPSA) is 97.8 Å². The van der Waals surface area contributed by atoms with Crippen molar-refractivity contribution in [2.45, 2.75) is 0 Å². The van der Waals surface area contributed by atoms with Crippen LogP contribution in [0.1, 0.15) is 5.56 Å². The van der Waals surface area contributed by atoms with E-state index < -0.39 is 5.91 Å². The van der Waals surface area contributed by atoms with Gasteiger partial charge in [0.05, 0.1) is 11.4 Å². The van der Waals surface area contributed by atoms with E-state index in [0.29, 0.717) is 17.1 Å². The summed E-state index contributed by atoms with van der Waals surface area (Å²) in [7, 11) is 0. The maximum absolute atomic E-state index is 12.4. The third-order valence-electron chi connectivity index (χ3n) is 3.82. The highest BCUT2D eigenvalue weighted by atomic mass is 79.9. The molecule has 0 aromatic heterocycles. The lowest BCUT2D eigenvalue weighted by molar-refractivity contribution is -0.112. The minimum atomic E-state index is -0.578. The molecule has 0 spiro atoms. The average molecular weight is 447 g/mol. The van der Waals surface area contributed by atoms with E-state index in [-0.39, 0.29) is 16.9 Å². The van der Waals surface area contributed by atoms with Crippen LogP contribution < -0.4 is 5.32 Å².